The van der Waals surface area contributed by atoms with E-state index in [0.717, 1.165) is 0 Å². The Morgan fingerprint density at radius 1 is 1.68 bits per heavy atom. The Kier molecular flexibility index (Phi) is 4.26. The van der Waals surface area contributed by atoms with Crippen LogP contribution >= 0.6 is 27.5 Å². The van der Waals surface area contributed by atoms with Crippen LogP contribution in [0.2, 0.25) is 5.15 Å². The van der Waals surface area contributed by atoms with Crippen molar-refractivity contribution in [3.63, 3.8) is 0 Å². The minimum absolute atomic E-state index is 0.278. The van der Waals surface area contributed by atoms with Gasteiger partial charge in [0.15, 0.2) is 6.29 Å². The Labute approximate surface area is 123 Å². The number of aldehydes is 1. The van der Waals surface area contributed by atoms with Crippen LogP contribution in [0.25, 0.3) is 0 Å². The maximum Gasteiger partial charge on any atom is 0.404 e. The zero-order chi connectivity index (χ0) is 14.0. The van der Waals surface area contributed by atoms with E-state index in [0.29, 0.717) is 41.5 Å². The van der Waals surface area contributed by atoms with Crippen molar-refractivity contribution < 1.29 is 14.3 Å². The zero-order valence-corrected chi connectivity index (χ0v) is 12.1. The molecule has 2 heterocycles. The number of halogens is 2. The van der Waals surface area contributed by atoms with E-state index in [1.54, 1.807) is 0 Å². The molecule has 0 aromatic carbocycles. The van der Waals surface area contributed by atoms with Crippen molar-refractivity contribution in [3.05, 3.63) is 21.4 Å². The van der Waals surface area contributed by atoms with Crippen LogP contribution < -0.4 is 10.6 Å². The molecule has 1 unspecified atom stereocenters. The summed E-state index contributed by atoms with van der Waals surface area (Å²) in [5.41, 5.74) is 6.08. The third-order valence-corrected chi connectivity index (χ3v) is 4.12. The zero-order valence-electron chi connectivity index (χ0n) is 9.81. The summed E-state index contributed by atoms with van der Waals surface area (Å²) in [6.07, 6.45) is 1.70. The summed E-state index contributed by atoms with van der Waals surface area (Å²) in [5, 5.41) is 0.278. The molecule has 1 fully saturated rings. The minimum Gasteiger partial charge on any atom is -0.444 e. The second-order valence-electron chi connectivity index (χ2n) is 4.08. The highest BCUT2D eigenvalue weighted by molar-refractivity contribution is 9.10. The number of amides is 1. The highest BCUT2D eigenvalue weighted by Gasteiger charge is 2.28. The molecule has 0 spiro atoms. The summed E-state index contributed by atoms with van der Waals surface area (Å²) >= 11 is 9.26. The monoisotopic (exact) mass is 347 g/mol. The minimum atomic E-state index is -0.797. The quantitative estimate of drug-likeness (QED) is 0.667. The van der Waals surface area contributed by atoms with Crippen molar-refractivity contribution in [1.29, 1.82) is 0 Å². The summed E-state index contributed by atoms with van der Waals surface area (Å²) in [7, 11) is 0. The number of hydrogen-bond acceptors (Lipinski definition) is 5. The first-order valence-electron chi connectivity index (χ1n) is 5.53. The predicted octanol–water partition coefficient (Wildman–Crippen LogP) is 1.98. The maximum absolute atomic E-state index is 11.1. The Balaban J connectivity index is 2.26. The summed E-state index contributed by atoms with van der Waals surface area (Å²) in [6.45, 7) is 1.10. The molecule has 6 nitrogen and oxygen atoms in total. The van der Waals surface area contributed by atoms with E-state index in [-0.39, 0.29) is 11.3 Å². The molecule has 0 radical (unpaired) electrons. The lowest BCUT2D eigenvalue weighted by Gasteiger charge is -2.21. The number of ether oxygens (including phenoxy) is 1. The smallest absolute Gasteiger partial charge is 0.404 e. The van der Waals surface area contributed by atoms with E-state index >= 15 is 0 Å². The lowest BCUT2D eigenvalue weighted by molar-refractivity contribution is 0.112. The van der Waals surface area contributed by atoms with Crippen LogP contribution in [0.15, 0.2) is 10.7 Å². The SMILES string of the molecule is NC(=O)OC1CCN(c2c(C=O)cnc(Cl)c2Br)C1. The number of nitrogens with two attached hydrogens (primary N) is 1. The highest BCUT2D eigenvalue weighted by Crippen LogP contribution is 2.36. The number of carbonyl (C=O) groups excluding carboxylic acids is 2. The van der Waals surface area contributed by atoms with Crippen LogP contribution in [0.5, 0.6) is 0 Å². The maximum atomic E-state index is 11.1. The fraction of sp³-hybridized carbons (Fsp3) is 0.364. The van der Waals surface area contributed by atoms with E-state index in [4.69, 9.17) is 22.1 Å². The second-order valence-corrected chi connectivity index (χ2v) is 5.23. The Bertz CT molecular complexity index is 526. The molecule has 1 aromatic rings. The molecule has 0 aliphatic carbocycles. The van der Waals surface area contributed by atoms with Crippen LogP contribution in [-0.2, 0) is 4.74 Å². The van der Waals surface area contributed by atoms with Gasteiger partial charge < -0.3 is 15.4 Å². The number of rotatable bonds is 3. The lowest BCUT2D eigenvalue weighted by Crippen LogP contribution is -2.27. The Morgan fingerprint density at radius 3 is 3.05 bits per heavy atom. The molecule has 1 aliphatic heterocycles. The third kappa shape index (κ3) is 2.98. The largest absolute Gasteiger partial charge is 0.444 e. The predicted molar refractivity (Wildman–Crippen MR) is 73.6 cm³/mol. The number of primary amides is 1. The fourth-order valence-corrected chi connectivity index (χ4v) is 2.79. The third-order valence-electron chi connectivity index (χ3n) is 2.85. The molecule has 19 heavy (non-hydrogen) atoms. The van der Waals surface area contributed by atoms with Gasteiger partial charge in [0.25, 0.3) is 0 Å². The number of anilines is 1. The van der Waals surface area contributed by atoms with Crippen molar-refractivity contribution in [2.45, 2.75) is 12.5 Å². The normalized spacial score (nSPS) is 18.4. The molecule has 2 N–H and O–H groups in total. The molecular formula is C11H11BrClN3O3. The Morgan fingerprint density at radius 2 is 2.42 bits per heavy atom. The number of carbonyl (C=O) groups is 2. The Hall–Kier alpha value is -1.34. The van der Waals surface area contributed by atoms with Crippen molar-refractivity contribution in [1.82, 2.24) is 4.98 Å². The molecule has 0 bridgehead atoms. The van der Waals surface area contributed by atoms with Gasteiger partial charge in [-0.25, -0.2) is 9.78 Å². The first-order chi connectivity index (χ1) is 9.02. The van der Waals surface area contributed by atoms with Gasteiger partial charge in [0.2, 0.25) is 0 Å². The van der Waals surface area contributed by atoms with Crippen LogP contribution in [-0.4, -0.2) is 36.6 Å². The molecule has 1 amide bonds. The topological polar surface area (TPSA) is 85.5 Å². The summed E-state index contributed by atoms with van der Waals surface area (Å²) in [4.78, 5) is 27.6. The molecule has 102 valence electrons. The van der Waals surface area contributed by atoms with Gasteiger partial charge >= 0.3 is 6.09 Å². The molecule has 1 saturated heterocycles. The molecule has 1 aliphatic rings. The summed E-state index contributed by atoms with van der Waals surface area (Å²) < 4.78 is 5.51. The summed E-state index contributed by atoms with van der Waals surface area (Å²) in [6, 6.07) is 0. The average Bonchev–Trinajstić information content (AvgIpc) is 2.79. The molecule has 2 rings (SSSR count). The second kappa shape index (κ2) is 5.75. The van der Waals surface area contributed by atoms with E-state index in [1.807, 2.05) is 4.90 Å². The van der Waals surface area contributed by atoms with E-state index in [2.05, 4.69) is 20.9 Å². The van der Waals surface area contributed by atoms with Gasteiger partial charge in [-0.15, -0.1) is 0 Å². The standard InChI is InChI=1S/C11H11BrClN3O3/c12-8-9(6(5-17)3-15-10(8)13)16-2-1-7(4-16)19-11(14)18/h3,5,7H,1-2,4H2,(H2,14,18). The van der Waals surface area contributed by atoms with Gasteiger partial charge in [-0.3, -0.25) is 4.79 Å². The number of aromatic nitrogens is 1. The van der Waals surface area contributed by atoms with E-state index in [9.17, 15) is 9.59 Å². The van der Waals surface area contributed by atoms with Crippen LogP contribution in [0.4, 0.5) is 10.5 Å². The fourth-order valence-electron chi connectivity index (χ4n) is 2.07. The van der Waals surface area contributed by atoms with Crippen molar-refractivity contribution in [3.8, 4) is 0 Å². The van der Waals surface area contributed by atoms with Crippen molar-refractivity contribution >= 4 is 45.6 Å². The summed E-state index contributed by atoms with van der Waals surface area (Å²) in [5.74, 6) is 0. The average molecular weight is 349 g/mol. The number of nitrogens with zero attached hydrogens (tertiary/aromatic N) is 2. The van der Waals surface area contributed by atoms with Gasteiger partial charge in [-0.2, -0.15) is 0 Å². The van der Waals surface area contributed by atoms with Gasteiger partial charge in [-0.1, -0.05) is 11.6 Å². The van der Waals surface area contributed by atoms with Gasteiger partial charge in [0, 0.05) is 19.2 Å². The van der Waals surface area contributed by atoms with Crippen LogP contribution in [0.1, 0.15) is 16.8 Å². The number of pyridine rings is 1. The van der Waals surface area contributed by atoms with Crippen LogP contribution in [0.3, 0.4) is 0 Å². The first-order valence-corrected chi connectivity index (χ1v) is 6.70. The van der Waals surface area contributed by atoms with Crippen LogP contribution in [0, 0.1) is 0 Å². The van der Waals surface area contributed by atoms with E-state index in [1.165, 1.54) is 6.20 Å². The number of hydrogen-bond donors (Lipinski definition) is 1. The van der Waals surface area contributed by atoms with Gasteiger partial charge in [-0.05, 0) is 15.9 Å². The highest BCUT2D eigenvalue weighted by atomic mass is 79.9. The lowest BCUT2D eigenvalue weighted by atomic mass is 10.2. The van der Waals surface area contributed by atoms with Gasteiger partial charge in [0.05, 0.1) is 22.3 Å². The molecule has 1 aromatic heterocycles. The van der Waals surface area contributed by atoms with Gasteiger partial charge in [0.1, 0.15) is 11.3 Å². The van der Waals surface area contributed by atoms with Crippen molar-refractivity contribution in [2.24, 2.45) is 5.73 Å². The first kappa shape index (κ1) is 14.1. The molecule has 8 heteroatoms. The van der Waals surface area contributed by atoms with E-state index < -0.39 is 6.09 Å². The molecule has 1 atom stereocenters. The molecular weight excluding hydrogens is 337 g/mol. The molecule has 0 saturated carbocycles. The van der Waals surface area contributed by atoms with Crippen molar-refractivity contribution in [2.75, 3.05) is 18.0 Å².